The van der Waals surface area contributed by atoms with Crippen LogP contribution in [0.2, 0.25) is 0 Å². The monoisotopic (exact) mass is 354 g/mol. The lowest BCUT2D eigenvalue weighted by atomic mass is 10.1. The number of rotatable bonds is 10. The number of hydrogen-bond donors (Lipinski definition) is 2. The van der Waals surface area contributed by atoms with Crippen molar-refractivity contribution in [1.29, 1.82) is 0 Å². The average Bonchev–Trinajstić information content (AvgIpc) is 3.12. The minimum atomic E-state index is 0.326. The summed E-state index contributed by atoms with van der Waals surface area (Å²) in [5.41, 5.74) is 1.36. The van der Waals surface area contributed by atoms with Crippen LogP contribution in [0.5, 0.6) is 0 Å². The summed E-state index contributed by atoms with van der Waals surface area (Å²) in [5.74, 6) is 1.81. The second-order valence-corrected chi connectivity index (χ2v) is 6.26. The van der Waals surface area contributed by atoms with Crippen molar-refractivity contribution in [1.82, 2.24) is 25.4 Å². The molecule has 0 radical (unpaired) electrons. The highest BCUT2D eigenvalue weighted by atomic mass is 15.3. The van der Waals surface area contributed by atoms with Gasteiger partial charge < -0.3 is 15.2 Å². The predicted octanol–water partition coefficient (Wildman–Crippen LogP) is 2.58. The summed E-state index contributed by atoms with van der Waals surface area (Å²) in [6.07, 6.45) is 6.57. The standard InChI is InChI=1S/C20H30N6/c1-4-13-21-20(22-14-15-26-16-23-25-19(26)5-2)24-17(3)11-12-18-9-7-6-8-10-18/h4,6-10,16-17H,1,5,11-15H2,2-3H3,(H2,21,22,24). The lowest BCUT2D eigenvalue weighted by Crippen LogP contribution is -2.42. The molecule has 0 spiro atoms. The summed E-state index contributed by atoms with van der Waals surface area (Å²) in [4.78, 5) is 4.68. The lowest BCUT2D eigenvalue weighted by Gasteiger charge is -2.18. The number of nitrogens with one attached hydrogen (secondary N) is 2. The van der Waals surface area contributed by atoms with Gasteiger partial charge in [-0.15, -0.1) is 16.8 Å². The van der Waals surface area contributed by atoms with E-state index in [-0.39, 0.29) is 0 Å². The van der Waals surface area contributed by atoms with E-state index in [0.29, 0.717) is 19.1 Å². The van der Waals surface area contributed by atoms with E-state index in [2.05, 4.69) is 76.6 Å². The molecular formula is C20H30N6. The van der Waals surface area contributed by atoms with Crippen LogP contribution in [0, 0.1) is 0 Å². The molecule has 1 atom stereocenters. The Kier molecular flexibility index (Phi) is 8.39. The van der Waals surface area contributed by atoms with Crippen molar-refractivity contribution in [2.45, 2.75) is 45.7 Å². The van der Waals surface area contributed by atoms with Crippen molar-refractivity contribution < 1.29 is 0 Å². The Bertz CT molecular complexity index is 677. The Hall–Kier alpha value is -2.63. The fourth-order valence-corrected chi connectivity index (χ4v) is 2.66. The van der Waals surface area contributed by atoms with E-state index in [1.165, 1.54) is 5.56 Å². The molecule has 1 aromatic heterocycles. The summed E-state index contributed by atoms with van der Waals surface area (Å²) >= 11 is 0. The zero-order chi connectivity index (χ0) is 18.6. The SMILES string of the molecule is C=CCNC(=NCCn1cnnc1CC)NC(C)CCc1ccccc1. The van der Waals surface area contributed by atoms with Crippen LogP contribution in [-0.4, -0.2) is 39.9 Å². The van der Waals surface area contributed by atoms with Crippen LogP contribution in [0.1, 0.15) is 31.7 Å². The summed E-state index contributed by atoms with van der Waals surface area (Å²) in [7, 11) is 0. The van der Waals surface area contributed by atoms with E-state index in [9.17, 15) is 0 Å². The molecule has 0 aliphatic carbocycles. The highest BCUT2D eigenvalue weighted by molar-refractivity contribution is 5.80. The summed E-state index contributed by atoms with van der Waals surface area (Å²) < 4.78 is 2.05. The van der Waals surface area contributed by atoms with Gasteiger partial charge in [0.1, 0.15) is 12.2 Å². The molecule has 140 valence electrons. The van der Waals surface area contributed by atoms with Gasteiger partial charge in [-0.1, -0.05) is 43.3 Å². The first-order chi connectivity index (χ1) is 12.7. The van der Waals surface area contributed by atoms with Gasteiger partial charge in [0.25, 0.3) is 0 Å². The van der Waals surface area contributed by atoms with E-state index < -0.39 is 0 Å². The van der Waals surface area contributed by atoms with Crippen LogP contribution in [-0.2, 0) is 19.4 Å². The zero-order valence-electron chi connectivity index (χ0n) is 15.9. The Morgan fingerprint density at radius 1 is 1.35 bits per heavy atom. The summed E-state index contributed by atoms with van der Waals surface area (Å²) in [6.45, 7) is 10.2. The van der Waals surface area contributed by atoms with Crippen molar-refractivity contribution in [3.8, 4) is 0 Å². The van der Waals surface area contributed by atoms with Gasteiger partial charge in [0.2, 0.25) is 0 Å². The normalized spacial score (nSPS) is 12.6. The second-order valence-electron chi connectivity index (χ2n) is 6.26. The minimum absolute atomic E-state index is 0.326. The first-order valence-electron chi connectivity index (χ1n) is 9.29. The predicted molar refractivity (Wildman–Crippen MR) is 107 cm³/mol. The third kappa shape index (κ3) is 6.70. The van der Waals surface area contributed by atoms with Gasteiger partial charge in [-0.25, -0.2) is 0 Å². The third-order valence-electron chi connectivity index (χ3n) is 4.13. The van der Waals surface area contributed by atoms with Crippen molar-refractivity contribution in [2.75, 3.05) is 13.1 Å². The Balaban J connectivity index is 1.85. The number of aryl methyl sites for hydroxylation is 2. The van der Waals surface area contributed by atoms with Gasteiger partial charge in [0.05, 0.1) is 6.54 Å². The quantitative estimate of drug-likeness (QED) is 0.391. The number of aromatic nitrogens is 3. The van der Waals surface area contributed by atoms with Gasteiger partial charge in [0.15, 0.2) is 5.96 Å². The maximum atomic E-state index is 4.68. The molecular weight excluding hydrogens is 324 g/mol. The molecule has 2 N–H and O–H groups in total. The minimum Gasteiger partial charge on any atom is -0.354 e. The molecule has 0 aliphatic rings. The van der Waals surface area contributed by atoms with Gasteiger partial charge in [-0.3, -0.25) is 4.99 Å². The molecule has 0 fully saturated rings. The van der Waals surface area contributed by atoms with Crippen LogP contribution >= 0.6 is 0 Å². The maximum Gasteiger partial charge on any atom is 0.191 e. The van der Waals surface area contributed by atoms with Crippen LogP contribution < -0.4 is 10.6 Å². The molecule has 6 heteroatoms. The highest BCUT2D eigenvalue weighted by Gasteiger charge is 2.06. The Morgan fingerprint density at radius 3 is 2.88 bits per heavy atom. The molecule has 2 aromatic rings. The number of guanidine groups is 1. The van der Waals surface area contributed by atoms with Crippen LogP contribution in [0.15, 0.2) is 54.3 Å². The molecule has 0 amide bonds. The van der Waals surface area contributed by atoms with Crippen LogP contribution in [0.4, 0.5) is 0 Å². The molecule has 1 unspecified atom stereocenters. The lowest BCUT2D eigenvalue weighted by molar-refractivity contribution is 0.591. The number of aliphatic imine (C=N–C) groups is 1. The van der Waals surface area contributed by atoms with Crippen molar-refractivity contribution in [2.24, 2.45) is 4.99 Å². The van der Waals surface area contributed by atoms with Crippen LogP contribution in [0.25, 0.3) is 0 Å². The van der Waals surface area contributed by atoms with Crippen molar-refractivity contribution in [3.63, 3.8) is 0 Å². The van der Waals surface area contributed by atoms with E-state index >= 15 is 0 Å². The van der Waals surface area contributed by atoms with Gasteiger partial charge in [-0.05, 0) is 25.3 Å². The van der Waals surface area contributed by atoms with Crippen LogP contribution in [0.3, 0.4) is 0 Å². The molecule has 1 aromatic carbocycles. The molecule has 26 heavy (non-hydrogen) atoms. The first kappa shape index (κ1) is 19.7. The number of benzene rings is 1. The number of hydrogen-bond acceptors (Lipinski definition) is 3. The van der Waals surface area contributed by atoms with E-state index in [1.807, 2.05) is 10.6 Å². The molecule has 0 saturated heterocycles. The molecule has 2 rings (SSSR count). The molecule has 1 heterocycles. The van der Waals surface area contributed by atoms with Gasteiger partial charge in [0, 0.05) is 25.6 Å². The third-order valence-corrected chi connectivity index (χ3v) is 4.13. The zero-order valence-corrected chi connectivity index (χ0v) is 15.9. The maximum absolute atomic E-state index is 4.68. The Morgan fingerprint density at radius 2 is 2.15 bits per heavy atom. The highest BCUT2D eigenvalue weighted by Crippen LogP contribution is 2.04. The number of nitrogens with zero attached hydrogens (tertiary/aromatic N) is 4. The van der Waals surface area contributed by atoms with Gasteiger partial charge in [-0.2, -0.15) is 0 Å². The Labute approximate surface area is 156 Å². The summed E-state index contributed by atoms with van der Waals surface area (Å²) in [5, 5.41) is 14.8. The molecule has 0 bridgehead atoms. The summed E-state index contributed by atoms with van der Waals surface area (Å²) in [6, 6.07) is 10.9. The van der Waals surface area contributed by atoms with E-state index in [4.69, 9.17) is 0 Å². The first-order valence-corrected chi connectivity index (χ1v) is 9.29. The fourth-order valence-electron chi connectivity index (χ4n) is 2.66. The van der Waals surface area contributed by atoms with Gasteiger partial charge >= 0.3 is 0 Å². The molecule has 6 nitrogen and oxygen atoms in total. The van der Waals surface area contributed by atoms with Crippen molar-refractivity contribution >= 4 is 5.96 Å². The van der Waals surface area contributed by atoms with E-state index in [1.54, 1.807) is 6.33 Å². The average molecular weight is 355 g/mol. The fraction of sp³-hybridized carbons (Fsp3) is 0.450. The smallest absolute Gasteiger partial charge is 0.191 e. The second kappa shape index (κ2) is 11.1. The largest absolute Gasteiger partial charge is 0.354 e. The molecule has 0 saturated carbocycles. The molecule has 0 aliphatic heterocycles. The topological polar surface area (TPSA) is 67.1 Å². The van der Waals surface area contributed by atoms with Crippen molar-refractivity contribution in [3.05, 3.63) is 60.7 Å². The van der Waals surface area contributed by atoms with E-state index in [0.717, 1.165) is 37.6 Å².